The van der Waals surface area contributed by atoms with Crippen LogP contribution < -0.4 is 4.74 Å². The van der Waals surface area contributed by atoms with Crippen LogP contribution in [-0.4, -0.2) is 49.0 Å². The van der Waals surface area contributed by atoms with Crippen molar-refractivity contribution in [1.82, 2.24) is 9.80 Å². The SMILES string of the molecule is COc1cccc([C@H]2CN(Cc3cccs3)C[C@@H]2CN(CC(C)C)C(=O)c2ccc(F)cc2)c1. The van der Waals surface area contributed by atoms with Crippen molar-refractivity contribution in [2.24, 2.45) is 11.8 Å². The largest absolute Gasteiger partial charge is 0.497 e. The van der Waals surface area contributed by atoms with Gasteiger partial charge in [-0.3, -0.25) is 9.69 Å². The van der Waals surface area contributed by atoms with Gasteiger partial charge in [-0.1, -0.05) is 32.0 Å². The fourth-order valence-corrected chi connectivity index (χ4v) is 5.63. The van der Waals surface area contributed by atoms with Crippen LogP contribution in [0.1, 0.15) is 40.6 Å². The Balaban J connectivity index is 1.59. The lowest BCUT2D eigenvalue weighted by Gasteiger charge is -2.30. The number of carbonyl (C=O) groups is 1. The molecule has 1 aliphatic heterocycles. The highest BCUT2D eigenvalue weighted by molar-refractivity contribution is 7.09. The molecular weight excluding hydrogens is 447 g/mol. The summed E-state index contributed by atoms with van der Waals surface area (Å²) in [6.07, 6.45) is 0. The second-order valence-electron chi connectivity index (χ2n) is 9.53. The smallest absolute Gasteiger partial charge is 0.253 e. The molecule has 3 aromatic rings. The molecule has 0 N–H and O–H groups in total. The molecule has 1 aliphatic rings. The first-order valence-corrected chi connectivity index (χ1v) is 12.7. The number of amides is 1. The first kappa shape index (κ1) is 24.4. The second kappa shape index (κ2) is 11.2. The van der Waals surface area contributed by atoms with Crippen molar-refractivity contribution in [2.45, 2.75) is 26.3 Å². The van der Waals surface area contributed by atoms with Gasteiger partial charge in [-0.2, -0.15) is 0 Å². The summed E-state index contributed by atoms with van der Waals surface area (Å²) in [6, 6.07) is 18.5. The van der Waals surface area contributed by atoms with Gasteiger partial charge in [0, 0.05) is 49.1 Å². The fourth-order valence-electron chi connectivity index (χ4n) is 4.89. The van der Waals surface area contributed by atoms with Crippen LogP contribution in [0.3, 0.4) is 0 Å². The molecule has 1 fully saturated rings. The van der Waals surface area contributed by atoms with E-state index in [0.29, 0.717) is 30.5 Å². The zero-order chi connectivity index (χ0) is 24.1. The predicted molar refractivity (Wildman–Crippen MR) is 136 cm³/mol. The van der Waals surface area contributed by atoms with Gasteiger partial charge in [-0.15, -0.1) is 11.3 Å². The summed E-state index contributed by atoms with van der Waals surface area (Å²) in [7, 11) is 1.69. The molecule has 2 atom stereocenters. The maximum absolute atomic E-state index is 13.4. The Morgan fingerprint density at radius 3 is 2.62 bits per heavy atom. The van der Waals surface area contributed by atoms with Gasteiger partial charge in [-0.25, -0.2) is 4.39 Å². The van der Waals surface area contributed by atoms with E-state index < -0.39 is 0 Å². The maximum Gasteiger partial charge on any atom is 0.253 e. The zero-order valence-corrected chi connectivity index (χ0v) is 20.9. The number of likely N-dealkylation sites (tertiary alicyclic amines) is 1. The topological polar surface area (TPSA) is 32.8 Å². The van der Waals surface area contributed by atoms with Crippen LogP contribution in [0.25, 0.3) is 0 Å². The summed E-state index contributed by atoms with van der Waals surface area (Å²) in [5, 5.41) is 2.12. The van der Waals surface area contributed by atoms with E-state index in [-0.39, 0.29) is 17.6 Å². The monoisotopic (exact) mass is 480 g/mol. The summed E-state index contributed by atoms with van der Waals surface area (Å²) < 4.78 is 18.9. The lowest BCUT2D eigenvalue weighted by molar-refractivity contribution is 0.0703. The molecule has 0 aliphatic carbocycles. The second-order valence-corrected chi connectivity index (χ2v) is 10.6. The van der Waals surface area contributed by atoms with Crippen LogP contribution in [0.4, 0.5) is 4.39 Å². The normalized spacial score (nSPS) is 18.4. The molecule has 0 bridgehead atoms. The van der Waals surface area contributed by atoms with E-state index in [1.165, 1.54) is 22.6 Å². The minimum atomic E-state index is -0.329. The first-order chi connectivity index (χ1) is 16.4. The summed E-state index contributed by atoms with van der Waals surface area (Å²) in [5.74, 6) is 1.42. The highest BCUT2D eigenvalue weighted by atomic mass is 32.1. The van der Waals surface area contributed by atoms with Gasteiger partial charge >= 0.3 is 0 Å². The average molecular weight is 481 g/mol. The third kappa shape index (κ3) is 6.05. The van der Waals surface area contributed by atoms with Gasteiger partial charge in [0.2, 0.25) is 0 Å². The van der Waals surface area contributed by atoms with Crippen molar-refractivity contribution in [1.29, 1.82) is 0 Å². The van der Waals surface area contributed by atoms with Gasteiger partial charge in [0.15, 0.2) is 0 Å². The molecule has 180 valence electrons. The van der Waals surface area contributed by atoms with Crippen LogP contribution in [-0.2, 0) is 6.54 Å². The number of hydrogen-bond acceptors (Lipinski definition) is 4. The van der Waals surface area contributed by atoms with Crippen LogP contribution in [0.5, 0.6) is 5.75 Å². The summed E-state index contributed by atoms with van der Waals surface area (Å²) in [6.45, 7) is 8.37. The van der Waals surface area contributed by atoms with Gasteiger partial charge in [0.25, 0.3) is 5.91 Å². The lowest BCUT2D eigenvalue weighted by atomic mass is 9.88. The van der Waals surface area contributed by atoms with Crippen LogP contribution in [0, 0.1) is 17.7 Å². The molecule has 0 radical (unpaired) electrons. The molecule has 0 saturated carbocycles. The maximum atomic E-state index is 13.4. The molecule has 4 nitrogen and oxygen atoms in total. The Kier molecular flexibility index (Phi) is 8.01. The Morgan fingerprint density at radius 2 is 1.94 bits per heavy atom. The third-order valence-electron chi connectivity index (χ3n) is 6.42. The predicted octanol–water partition coefficient (Wildman–Crippen LogP) is 5.91. The number of halogens is 1. The van der Waals surface area contributed by atoms with E-state index in [2.05, 4.69) is 48.4 Å². The minimum absolute atomic E-state index is 0.0326. The van der Waals surface area contributed by atoms with Crippen LogP contribution >= 0.6 is 11.3 Å². The van der Waals surface area contributed by atoms with Crippen molar-refractivity contribution in [3.05, 3.63) is 87.9 Å². The minimum Gasteiger partial charge on any atom is -0.497 e. The molecule has 2 aromatic carbocycles. The quantitative estimate of drug-likeness (QED) is 0.382. The standard InChI is InChI=1S/C28H33FN2O2S/c1-20(2)15-31(28(32)21-9-11-24(29)12-10-21)17-23-16-30(18-26-8-5-13-34-26)19-27(23)22-6-4-7-25(14-22)33-3/h4-14,20,23,27H,15-19H2,1-3H3/t23-,27-/m1/s1. The Hall–Kier alpha value is -2.70. The number of benzene rings is 2. The van der Waals surface area contributed by atoms with Crippen molar-refractivity contribution in [2.75, 3.05) is 33.3 Å². The highest BCUT2D eigenvalue weighted by Gasteiger charge is 2.36. The Bertz CT molecular complexity index is 1070. The lowest BCUT2D eigenvalue weighted by Crippen LogP contribution is -2.39. The summed E-state index contributed by atoms with van der Waals surface area (Å²) in [4.78, 5) is 19.2. The van der Waals surface area contributed by atoms with E-state index in [9.17, 15) is 9.18 Å². The van der Waals surface area contributed by atoms with E-state index in [1.54, 1.807) is 30.6 Å². The zero-order valence-electron chi connectivity index (χ0n) is 20.1. The Labute approximate surface area is 206 Å². The van der Waals surface area contributed by atoms with Crippen molar-refractivity contribution in [3.63, 3.8) is 0 Å². The number of carbonyl (C=O) groups excluding carboxylic acids is 1. The van der Waals surface area contributed by atoms with E-state index in [4.69, 9.17) is 4.74 Å². The number of nitrogens with zero attached hydrogens (tertiary/aromatic N) is 2. The Morgan fingerprint density at radius 1 is 1.15 bits per heavy atom. The molecule has 0 unspecified atom stereocenters. The van der Waals surface area contributed by atoms with Crippen LogP contribution in [0.2, 0.25) is 0 Å². The number of methoxy groups -OCH3 is 1. The van der Waals surface area contributed by atoms with Gasteiger partial charge in [-0.05, 0) is 65.2 Å². The molecule has 6 heteroatoms. The number of thiophene rings is 1. The van der Waals surface area contributed by atoms with E-state index in [1.807, 2.05) is 17.0 Å². The summed E-state index contributed by atoms with van der Waals surface area (Å²) >= 11 is 1.78. The molecule has 2 heterocycles. The molecule has 0 spiro atoms. The number of ether oxygens (including phenoxy) is 1. The van der Waals surface area contributed by atoms with Gasteiger partial charge < -0.3 is 9.64 Å². The molecule has 4 rings (SSSR count). The molecular formula is C28H33FN2O2S. The molecule has 1 aromatic heterocycles. The molecule has 34 heavy (non-hydrogen) atoms. The summed E-state index contributed by atoms with van der Waals surface area (Å²) in [5.41, 5.74) is 1.78. The van der Waals surface area contributed by atoms with Gasteiger partial charge in [0.05, 0.1) is 7.11 Å². The van der Waals surface area contributed by atoms with Crippen molar-refractivity contribution >= 4 is 17.2 Å². The van der Waals surface area contributed by atoms with E-state index >= 15 is 0 Å². The first-order valence-electron chi connectivity index (χ1n) is 11.9. The molecule has 1 saturated heterocycles. The third-order valence-corrected chi connectivity index (χ3v) is 7.28. The van der Waals surface area contributed by atoms with Gasteiger partial charge in [0.1, 0.15) is 11.6 Å². The van der Waals surface area contributed by atoms with Crippen molar-refractivity contribution in [3.8, 4) is 5.75 Å². The van der Waals surface area contributed by atoms with Crippen LogP contribution in [0.15, 0.2) is 66.0 Å². The van der Waals surface area contributed by atoms with Crippen molar-refractivity contribution < 1.29 is 13.9 Å². The molecule has 1 amide bonds. The van der Waals surface area contributed by atoms with E-state index in [0.717, 1.165) is 25.4 Å². The fraction of sp³-hybridized carbons (Fsp3) is 0.393. The highest BCUT2D eigenvalue weighted by Crippen LogP contribution is 2.36. The number of rotatable bonds is 9. The average Bonchev–Trinajstić information content (AvgIpc) is 3.48. The number of hydrogen-bond donors (Lipinski definition) is 0.